The molecule has 7 heteroatoms. The second-order valence-electron chi connectivity index (χ2n) is 10.6. The number of pyridine rings is 1. The van der Waals surface area contributed by atoms with E-state index in [0.29, 0.717) is 23.8 Å². The molecular weight excluding hydrogens is 472 g/mol. The number of rotatable bonds is 5. The maximum atomic E-state index is 6.43. The lowest BCUT2D eigenvalue weighted by molar-refractivity contribution is 0.0695. The van der Waals surface area contributed by atoms with Gasteiger partial charge in [-0.2, -0.15) is 0 Å². The van der Waals surface area contributed by atoms with E-state index in [1.165, 1.54) is 0 Å². The van der Waals surface area contributed by atoms with Crippen molar-refractivity contribution in [1.29, 1.82) is 0 Å². The molecule has 3 aliphatic rings. The minimum absolute atomic E-state index is 0.391. The van der Waals surface area contributed by atoms with Crippen LogP contribution >= 0.6 is 0 Å². The lowest BCUT2D eigenvalue weighted by Gasteiger charge is -2.38. The van der Waals surface area contributed by atoms with E-state index in [0.717, 1.165) is 90.1 Å². The fourth-order valence-corrected chi connectivity index (χ4v) is 5.91. The highest BCUT2D eigenvalue weighted by atomic mass is 16.5. The van der Waals surface area contributed by atoms with E-state index < -0.39 is 0 Å². The SMILES string of the molecule is Nc1nccn2c(C3CC(NC4CCOCC4)C3)nc(-c3ccc4ccc(C5=CC=CCC=C5)nc4c3)c12. The predicted molar refractivity (Wildman–Crippen MR) is 152 cm³/mol. The van der Waals surface area contributed by atoms with Crippen LogP contribution in [0.2, 0.25) is 0 Å². The molecule has 0 bridgehead atoms. The van der Waals surface area contributed by atoms with Crippen molar-refractivity contribution in [3.05, 3.63) is 84.6 Å². The summed E-state index contributed by atoms with van der Waals surface area (Å²) >= 11 is 0. The van der Waals surface area contributed by atoms with Crippen LogP contribution in [0.25, 0.3) is 33.3 Å². The molecule has 1 aromatic carbocycles. The van der Waals surface area contributed by atoms with Gasteiger partial charge in [-0.15, -0.1) is 0 Å². The Morgan fingerprint density at radius 1 is 1.00 bits per heavy atom. The largest absolute Gasteiger partial charge is 0.382 e. The Morgan fingerprint density at radius 3 is 2.76 bits per heavy atom. The topological polar surface area (TPSA) is 90.4 Å². The smallest absolute Gasteiger partial charge is 0.150 e. The van der Waals surface area contributed by atoms with Gasteiger partial charge in [-0.1, -0.05) is 48.6 Å². The maximum absolute atomic E-state index is 6.43. The summed E-state index contributed by atoms with van der Waals surface area (Å²) < 4.78 is 7.66. The van der Waals surface area contributed by atoms with Crippen molar-refractivity contribution in [2.45, 2.75) is 50.1 Å². The number of nitrogen functional groups attached to an aromatic ring is 1. The van der Waals surface area contributed by atoms with Crippen molar-refractivity contribution in [1.82, 2.24) is 24.7 Å². The minimum Gasteiger partial charge on any atom is -0.382 e. The zero-order valence-electron chi connectivity index (χ0n) is 21.4. The van der Waals surface area contributed by atoms with Gasteiger partial charge in [-0.05, 0) is 49.8 Å². The Balaban J connectivity index is 1.22. The van der Waals surface area contributed by atoms with Crippen LogP contribution in [0, 0.1) is 0 Å². The Hall–Kier alpha value is -3.81. The van der Waals surface area contributed by atoms with Crippen LogP contribution in [-0.2, 0) is 4.74 Å². The zero-order chi connectivity index (χ0) is 25.5. The van der Waals surface area contributed by atoms with E-state index in [1.807, 2.05) is 6.20 Å². The van der Waals surface area contributed by atoms with Crippen LogP contribution in [-0.4, -0.2) is 44.7 Å². The van der Waals surface area contributed by atoms with E-state index in [1.54, 1.807) is 6.20 Å². The molecule has 3 aromatic heterocycles. The highest BCUT2D eigenvalue weighted by molar-refractivity contribution is 5.91. The highest BCUT2D eigenvalue weighted by Gasteiger charge is 2.35. The molecule has 4 aromatic rings. The molecule has 2 aliphatic carbocycles. The summed E-state index contributed by atoms with van der Waals surface area (Å²) in [6.07, 6.45) is 19.7. The lowest BCUT2D eigenvalue weighted by atomic mass is 9.79. The third-order valence-corrected chi connectivity index (χ3v) is 8.05. The molecule has 3 N–H and O–H groups in total. The number of nitrogens with zero attached hydrogens (tertiary/aromatic N) is 4. The number of hydrogen-bond acceptors (Lipinski definition) is 6. The van der Waals surface area contributed by atoms with Crippen LogP contribution in [0.1, 0.15) is 49.5 Å². The van der Waals surface area contributed by atoms with Gasteiger partial charge in [0, 0.05) is 54.6 Å². The minimum atomic E-state index is 0.391. The molecule has 0 amide bonds. The summed E-state index contributed by atoms with van der Waals surface area (Å²) in [4.78, 5) is 14.6. The van der Waals surface area contributed by atoms with Crippen molar-refractivity contribution in [3.8, 4) is 11.3 Å². The van der Waals surface area contributed by atoms with Gasteiger partial charge >= 0.3 is 0 Å². The molecule has 0 spiro atoms. The van der Waals surface area contributed by atoms with Gasteiger partial charge in [0.05, 0.1) is 11.2 Å². The Bertz CT molecular complexity index is 1590. The molecule has 0 unspecified atom stereocenters. The molecule has 1 saturated carbocycles. The summed E-state index contributed by atoms with van der Waals surface area (Å²) in [5.74, 6) is 1.96. The van der Waals surface area contributed by atoms with Crippen LogP contribution in [0.4, 0.5) is 5.82 Å². The van der Waals surface area contributed by atoms with Gasteiger partial charge in [0.15, 0.2) is 0 Å². The molecule has 2 fully saturated rings. The van der Waals surface area contributed by atoms with Crippen molar-refractivity contribution in [2.75, 3.05) is 18.9 Å². The average molecular weight is 505 g/mol. The van der Waals surface area contributed by atoms with Gasteiger partial charge in [0.25, 0.3) is 0 Å². The highest BCUT2D eigenvalue weighted by Crippen LogP contribution is 2.40. The van der Waals surface area contributed by atoms with Crippen molar-refractivity contribution in [2.24, 2.45) is 0 Å². The number of benzene rings is 1. The Labute approximate surface area is 222 Å². The Morgan fingerprint density at radius 2 is 1.87 bits per heavy atom. The third-order valence-electron chi connectivity index (χ3n) is 8.05. The van der Waals surface area contributed by atoms with Crippen LogP contribution in [0.5, 0.6) is 0 Å². The van der Waals surface area contributed by atoms with Crippen molar-refractivity contribution < 1.29 is 4.74 Å². The monoisotopic (exact) mass is 504 g/mol. The van der Waals surface area contributed by atoms with Crippen LogP contribution in [0.3, 0.4) is 0 Å². The van der Waals surface area contributed by atoms with E-state index in [-0.39, 0.29) is 0 Å². The number of imidazole rings is 1. The molecule has 7 nitrogen and oxygen atoms in total. The first-order valence-electron chi connectivity index (χ1n) is 13.6. The molecular formula is C31H32N6O. The summed E-state index contributed by atoms with van der Waals surface area (Å²) in [7, 11) is 0. The average Bonchev–Trinajstić information content (AvgIpc) is 3.10. The first kappa shape index (κ1) is 23.3. The number of allylic oxidation sites excluding steroid dienone is 6. The molecule has 192 valence electrons. The molecule has 4 heterocycles. The molecule has 1 aliphatic heterocycles. The Kier molecular flexibility index (Phi) is 6.02. The molecule has 1 saturated heterocycles. The first-order valence-corrected chi connectivity index (χ1v) is 13.6. The number of anilines is 1. The van der Waals surface area contributed by atoms with Gasteiger partial charge in [0.2, 0.25) is 0 Å². The van der Waals surface area contributed by atoms with Gasteiger partial charge < -0.3 is 15.8 Å². The normalized spacial score (nSPS) is 21.9. The standard InChI is InChI=1S/C31H32N6O/c32-30-29-28(22-8-7-21-9-10-26(35-27(21)19-22)20-5-3-1-2-4-6-20)36-31(37(29)14-13-33-30)23-17-25(18-23)34-24-11-15-38-16-12-24/h1,3-10,13-14,19,23-25,34H,2,11-12,15-18H2,(H2,32,33). The van der Waals surface area contributed by atoms with Crippen molar-refractivity contribution in [3.63, 3.8) is 0 Å². The van der Waals surface area contributed by atoms with Gasteiger partial charge in [-0.25, -0.2) is 15.0 Å². The van der Waals surface area contributed by atoms with Crippen LogP contribution in [0.15, 0.2) is 73.1 Å². The fourth-order valence-electron chi connectivity index (χ4n) is 5.91. The third kappa shape index (κ3) is 4.31. The second kappa shape index (κ2) is 9.82. The lowest BCUT2D eigenvalue weighted by Crippen LogP contribution is -2.47. The summed E-state index contributed by atoms with van der Waals surface area (Å²) in [6, 6.07) is 11.7. The summed E-state index contributed by atoms with van der Waals surface area (Å²) in [6.45, 7) is 1.73. The number of aromatic nitrogens is 4. The molecule has 0 radical (unpaired) electrons. The number of fused-ring (bicyclic) bond motifs is 2. The van der Waals surface area contributed by atoms with Crippen molar-refractivity contribution >= 4 is 27.8 Å². The molecule has 7 rings (SSSR count). The van der Waals surface area contributed by atoms with E-state index in [9.17, 15) is 0 Å². The van der Waals surface area contributed by atoms with E-state index in [2.05, 4.69) is 75.4 Å². The zero-order valence-corrected chi connectivity index (χ0v) is 21.4. The number of nitrogens with one attached hydrogen (secondary N) is 1. The fraction of sp³-hybridized carbons (Fsp3) is 0.323. The predicted octanol–water partition coefficient (Wildman–Crippen LogP) is 5.44. The number of nitrogens with two attached hydrogens (primary N) is 1. The van der Waals surface area contributed by atoms with Crippen LogP contribution < -0.4 is 11.1 Å². The summed E-state index contributed by atoms with van der Waals surface area (Å²) in [5, 5.41) is 4.93. The number of ether oxygens (including phenoxy) is 1. The van der Waals surface area contributed by atoms with E-state index in [4.69, 9.17) is 20.4 Å². The first-order chi connectivity index (χ1) is 18.7. The molecule has 38 heavy (non-hydrogen) atoms. The van der Waals surface area contributed by atoms with E-state index >= 15 is 0 Å². The quantitative estimate of drug-likeness (QED) is 0.376. The van der Waals surface area contributed by atoms with Gasteiger partial charge in [0.1, 0.15) is 22.9 Å². The number of hydrogen-bond donors (Lipinski definition) is 2. The molecule has 0 atom stereocenters. The summed E-state index contributed by atoms with van der Waals surface area (Å²) in [5.41, 5.74) is 12.2. The maximum Gasteiger partial charge on any atom is 0.150 e. The van der Waals surface area contributed by atoms with Gasteiger partial charge in [-0.3, -0.25) is 4.40 Å². The second-order valence-corrected chi connectivity index (χ2v) is 10.6.